The highest BCUT2D eigenvalue weighted by atomic mass is 16.5. The number of carbonyl (C=O) groups excluding carboxylic acids is 1. The van der Waals surface area contributed by atoms with Crippen molar-refractivity contribution in [2.24, 2.45) is 0 Å². The fourth-order valence-electron chi connectivity index (χ4n) is 2.99. The Bertz CT molecular complexity index is 803. The molecule has 1 unspecified atom stereocenters. The van der Waals surface area contributed by atoms with E-state index in [1.807, 2.05) is 31.2 Å². The summed E-state index contributed by atoms with van der Waals surface area (Å²) in [6.45, 7) is 2.04. The molecule has 0 aliphatic rings. The van der Waals surface area contributed by atoms with E-state index in [0.717, 1.165) is 17.5 Å². The highest BCUT2D eigenvalue weighted by Gasteiger charge is 2.20. The standard InChI is InChI=1S/C21H25NO5/c1-4-14-7-5-6-8-15(14)12-20(23)22-17(13-21(24)25)16-9-10-18(26-2)19(11-16)27-3/h5-11,17H,4,12-13H2,1-3H3,(H,22,23)(H,24,25). The summed E-state index contributed by atoms with van der Waals surface area (Å²) in [4.78, 5) is 23.9. The fraction of sp³-hybridized carbons (Fsp3) is 0.333. The van der Waals surface area contributed by atoms with Gasteiger partial charge in [0, 0.05) is 0 Å². The van der Waals surface area contributed by atoms with Crippen LogP contribution in [0.2, 0.25) is 0 Å². The first kappa shape index (κ1) is 20.3. The lowest BCUT2D eigenvalue weighted by atomic mass is 10.00. The largest absolute Gasteiger partial charge is 0.493 e. The Morgan fingerprint density at radius 3 is 2.30 bits per heavy atom. The van der Waals surface area contributed by atoms with Crippen LogP contribution >= 0.6 is 0 Å². The summed E-state index contributed by atoms with van der Waals surface area (Å²) in [5, 5.41) is 12.1. The number of aliphatic carboxylic acids is 1. The molecule has 2 N–H and O–H groups in total. The second-order valence-electron chi connectivity index (χ2n) is 6.13. The van der Waals surface area contributed by atoms with E-state index in [0.29, 0.717) is 17.1 Å². The Morgan fingerprint density at radius 1 is 1.04 bits per heavy atom. The number of carboxylic acid groups (broad SMARTS) is 1. The third kappa shape index (κ3) is 5.48. The van der Waals surface area contributed by atoms with Gasteiger partial charge in [-0.05, 0) is 35.2 Å². The van der Waals surface area contributed by atoms with Crippen LogP contribution < -0.4 is 14.8 Å². The molecular formula is C21H25NO5. The monoisotopic (exact) mass is 371 g/mol. The van der Waals surface area contributed by atoms with Crippen molar-refractivity contribution in [1.82, 2.24) is 5.32 Å². The molecular weight excluding hydrogens is 346 g/mol. The lowest BCUT2D eigenvalue weighted by Gasteiger charge is -2.19. The number of benzene rings is 2. The first-order valence-corrected chi connectivity index (χ1v) is 8.78. The van der Waals surface area contributed by atoms with Crippen molar-refractivity contribution in [1.29, 1.82) is 0 Å². The maximum atomic E-state index is 12.6. The van der Waals surface area contributed by atoms with Crippen molar-refractivity contribution >= 4 is 11.9 Å². The molecule has 2 aromatic carbocycles. The van der Waals surface area contributed by atoms with Gasteiger partial charge in [0.05, 0.1) is 33.1 Å². The molecule has 0 heterocycles. The number of carbonyl (C=O) groups is 2. The quantitative estimate of drug-likeness (QED) is 0.707. The van der Waals surface area contributed by atoms with Gasteiger partial charge in [0.25, 0.3) is 0 Å². The summed E-state index contributed by atoms with van der Waals surface area (Å²) in [6, 6.07) is 12.2. The van der Waals surface area contributed by atoms with Crippen LogP contribution in [0.4, 0.5) is 0 Å². The molecule has 2 aromatic rings. The third-order valence-electron chi connectivity index (χ3n) is 4.37. The SMILES string of the molecule is CCc1ccccc1CC(=O)NC(CC(=O)O)c1ccc(OC)c(OC)c1. The maximum absolute atomic E-state index is 12.6. The van der Waals surface area contributed by atoms with Crippen LogP contribution in [0.1, 0.15) is 36.1 Å². The zero-order valence-corrected chi connectivity index (χ0v) is 15.8. The minimum Gasteiger partial charge on any atom is -0.493 e. The fourth-order valence-corrected chi connectivity index (χ4v) is 2.99. The van der Waals surface area contributed by atoms with Gasteiger partial charge in [-0.2, -0.15) is 0 Å². The van der Waals surface area contributed by atoms with Crippen molar-refractivity contribution < 1.29 is 24.2 Å². The summed E-state index contributed by atoms with van der Waals surface area (Å²) in [5.74, 6) is -0.199. The van der Waals surface area contributed by atoms with Crippen LogP contribution in [0.25, 0.3) is 0 Å². The Balaban J connectivity index is 2.21. The third-order valence-corrected chi connectivity index (χ3v) is 4.37. The van der Waals surface area contributed by atoms with Crippen LogP contribution in [0, 0.1) is 0 Å². The molecule has 6 heteroatoms. The van der Waals surface area contributed by atoms with E-state index in [2.05, 4.69) is 5.32 Å². The van der Waals surface area contributed by atoms with Gasteiger partial charge < -0.3 is 19.9 Å². The first-order valence-electron chi connectivity index (χ1n) is 8.78. The van der Waals surface area contributed by atoms with Crippen molar-refractivity contribution in [2.75, 3.05) is 14.2 Å². The van der Waals surface area contributed by atoms with E-state index < -0.39 is 12.0 Å². The molecule has 2 rings (SSSR count). The summed E-state index contributed by atoms with van der Waals surface area (Å²) in [6.07, 6.45) is 0.807. The molecule has 0 spiro atoms. The normalized spacial score (nSPS) is 11.5. The Labute approximate surface area is 159 Å². The van der Waals surface area contributed by atoms with Gasteiger partial charge in [-0.1, -0.05) is 37.3 Å². The molecule has 144 valence electrons. The average molecular weight is 371 g/mol. The molecule has 6 nitrogen and oxygen atoms in total. The molecule has 0 saturated carbocycles. The lowest BCUT2D eigenvalue weighted by molar-refractivity contribution is -0.137. The number of rotatable bonds is 9. The molecule has 0 radical (unpaired) electrons. The molecule has 1 atom stereocenters. The minimum atomic E-state index is -0.996. The number of nitrogens with one attached hydrogen (secondary N) is 1. The second kappa shape index (κ2) is 9.62. The number of carboxylic acids is 1. The van der Waals surface area contributed by atoms with E-state index in [1.165, 1.54) is 14.2 Å². The predicted molar refractivity (Wildman–Crippen MR) is 102 cm³/mol. The number of ether oxygens (including phenoxy) is 2. The van der Waals surface area contributed by atoms with E-state index in [-0.39, 0.29) is 18.7 Å². The Kier molecular flexibility index (Phi) is 7.23. The molecule has 0 aromatic heterocycles. The van der Waals surface area contributed by atoms with Gasteiger partial charge in [0.1, 0.15) is 0 Å². The smallest absolute Gasteiger partial charge is 0.305 e. The van der Waals surface area contributed by atoms with E-state index >= 15 is 0 Å². The number of hydrogen-bond donors (Lipinski definition) is 2. The summed E-state index contributed by atoms with van der Waals surface area (Å²) < 4.78 is 10.5. The van der Waals surface area contributed by atoms with Gasteiger partial charge in [0.15, 0.2) is 11.5 Å². The molecule has 0 aliphatic carbocycles. The Hall–Kier alpha value is -3.02. The lowest BCUT2D eigenvalue weighted by Crippen LogP contribution is -2.31. The van der Waals surface area contributed by atoms with Gasteiger partial charge in [-0.25, -0.2) is 0 Å². The molecule has 0 fully saturated rings. The number of hydrogen-bond acceptors (Lipinski definition) is 4. The van der Waals surface area contributed by atoms with Crippen molar-refractivity contribution in [3.05, 3.63) is 59.2 Å². The van der Waals surface area contributed by atoms with Crippen LogP contribution in [0.3, 0.4) is 0 Å². The van der Waals surface area contributed by atoms with Crippen molar-refractivity contribution in [3.63, 3.8) is 0 Å². The highest BCUT2D eigenvalue weighted by Crippen LogP contribution is 2.31. The van der Waals surface area contributed by atoms with E-state index in [4.69, 9.17) is 9.47 Å². The highest BCUT2D eigenvalue weighted by molar-refractivity contribution is 5.80. The van der Waals surface area contributed by atoms with Gasteiger partial charge in [0.2, 0.25) is 5.91 Å². The molecule has 0 bridgehead atoms. The van der Waals surface area contributed by atoms with Crippen LogP contribution in [0.15, 0.2) is 42.5 Å². The minimum absolute atomic E-state index is 0.202. The Morgan fingerprint density at radius 2 is 1.70 bits per heavy atom. The second-order valence-corrected chi connectivity index (χ2v) is 6.13. The number of aryl methyl sites for hydroxylation is 1. The molecule has 0 aliphatic heterocycles. The van der Waals surface area contributed by atoms with Crippen LogP contribution in [-0.4, -0.2) is 31.2 Å². The van der Waals surface area contributed by atoms with Gasteiger partial charge in [-0.3, -0.25) is 9.59 Å². The number of methoxy groups -OCH3 is 2. The zero-order valence-electron chi connectivity index (χ0n) is 15.8. The summed E-state index contributed by atoms with van der Waals surface area (Å²) >= 11 is 0. The topological polar surface area (TPSA) is 84.9 Å². The zero-order chi connectivity index (χ0) is 19.8. The van der Waals surface area contributed by atoms with Gasteiger partial charge >= 0.3 is 5.97 Å². The summed E-state index contributed by atoms with van der Waals surface area (Å²) in [7, 11) is 3.04. The van der Waals surface area contributed by atoms with E-state index in [9.17, 15) is 14.7 Å². The predicted octanol–water partition coefficient (Wildman–Crippen LogP) is 3.14. The molecule has 0 saturated heterocycles. The maximum Gasteiger partial charge on any atom is 0.305 e. The van der Waals surface area contributed by atoms with Crippen molar-refractivity contribution in [2.45, 2.75) is 32.2 Å². The van der Waals surface area contributed by atoms with Crippen LogP contribution in [0.5, 0.6) is 11.5 Å². The summed E-state index contributed by atoms with van der Waals surface area (Å²) in [5.41, 5.74) is 2.69. The van der Waals surface area contributed by atoms with Crippen LogP contribution in [-0.2, 0) is 22.4 Å². The molecule has 1 amide bonds. The van der Waals surface area contributed by atoms with Gasteiger partial charge in [-0.15, -0.1) is 0 Å². The first-order chi connectivity index (χ1) is 13.0. The molecule has 27 heavy (non-hydrogen) atoms. The van der Waals surface area contributed by atoms with E-state index in [1.54, 1.807) is 18.2 Å². The number of amides is 1. The van der Waals surface area contributed by atoms with Crippen molar-refractivity contribution in [3.8, 4) is 11.5 Å². The average Bonchev–Trinajstić information content (AvgIpc) is 2.66.